The highest BCUT2D eigenvalue weighted by molar-refractivity contribution is 5.82. The summed E-state index contributed by atoms with van der Waals surface area (Å²) in [5.41, 5.74) is 1.18. The molecule has 7 heteroatoms. The number of guanidine groups is 1. The smallest absolute Gasteiger partial charge is 0.251 e. The van der Waals surface area contributed by atoms with Gasteiger partial charge in [-0.2, -0.15) is 0 Å². The van der Waals surface area contributed by atoms with Crippen molar-refractivity contribution >= 4 is 11.9 Å². The number of carbonyl (C=O) groups is 1. The van der Waals surface area contributed by atoms with E-state index in [1.165, 1.54) is 5.56 Å². The van der Waals surface area contributed by atoms with Gasteiger partial charge >= 0.3 is 0 Å². The Morgan fingerprint density at radius 3 is 2.75 bits per heavy atom. The van der Waals surface area contributed by atoms with E-state index in [0.717, 1.165) is 44.2 Å². The Labute approximate surface area is 167 Å². The number of aryl methyl sites for hydroxylation is 1. The van der Waals surface area contributed by atoms with Crippen molar-refractivity contribution in [2.24, 2.45) is 4.99 Å². The fourth-order valence-electron chi connectivity index (χ4n) is 3.56. The Bertz CT molecular complexity index is 665. The minimum atomic E-state index is -0.229. The molecule has 1 unspecified atom stereocenters. The SMILES string of the molecule is CCNC(=NCCOc1cccc(C)c1)N1CCN(C(=O)C2CCCO2)CC1. The predicted octanol–water partition coefficient (Wildman–Crippen LogP) is 1.66. The number of amides is 1. The normalized spacial score (nSPS) is 20.4. The summed E-state index contributed by atoms with van der Waals surface area (Å²) in [6.45, 7) is 9.75. The van der Waals surface area contributed by atoms with E-state index in [9.17, 15) is 4.79 Å². The van der Waals surface area contributed by atoms with Gasteiger partial charge in [0.2, 0.25) is 0 Å². The molecule has 0 radical (unpaired) electrons. The highest BCUT2D eigenvalue weighted by Gasteiger charge is 2.30. The van der Waals surface area contributed by atoms with Gasteiger partial charge in [0.15, 0.2) is 5.96 Å². The monoisotopic (exact) mass is 388 g/mol. The zero-order chi connectivity index (χ0) is 19.8. The highest BCUT2D eigenvalue weighted by atomic mass is 16.5. The van der Waals surface area contributed by atoms with Gasteiger partial charge in [-0.1, -0.05) is 12.1 Å². The van der Waals surface area contributed by atoms with Crippen molar-refractivity contribution in [1.29, 1.82) is 0 Å². The first-order valence-electron chi connectivity index (χ1n) is 10.3. The van der Waals surface area contributed by atoms with Crippen LogP contribution in [0.25, 0.3) is 0 Å². The third-order valence-electron chi connectivity index (χ3n) is 5.04. The molecule has 0 aromatic heterocycles. The van der Waals surface area contributed by atoms with E-state index in [4.69, 9.17) is 14.5 Å². The van der Waals surface area contributed by atoms with Crippen LogP contribution in [0.2, 0.25) is 0 Å². The average Bonchev–Trinajstić information content (AvgIpc) is 3.25. The van der Waals surface area contributed by atoms with Gasteiger partial charge in [0.1, 0.15) is 18.5 Å². The standard InChI is InChI=1S/C21H32N4O3/c1-3-22-21(23-9-15-27-18-7-4-6-17(2)16-18)25-12-10-24(11-13-25)20(26)19-8-5-14-28-19/h4,6-7,16,19H,3,5,8-15H2,1-2H3,(H,22,23). The molecule has 0 saturated carbocycles. The van der Waals surface area contributed by atoms with E-state index >= 15 is 0 Å². The zero-order valence-corrected chi connectivity index (χ0v) is 17.0. The Hall–Kier alpha value is -2.28. The summed E-state index contributed by atoms with van der Waals surface area (Å²) in [4.78, 5) is 21.3. The largest absolute Gasteiger partial charge is 0.492 e. The zero-order valence-electron chi connectivity index (χ0n) is 17.0. The molecule has 1 aromatic rings. The lowest BCUT2D eigenvalue weighted by Gasteiger charge is -2.37. The second kappa shape index (κ2) is 10.3. The van der Waals surface area contributed by atoms with Crippen molar-refractivity contribution in [2.45, 2.75) is 32.8 Å². The summed E-state index contributed by atoms with van der Waals surface area (Å²) in [6, 6.07) is 8.04. The number of nitrogens with one attached hydrogen (secondary N) is 1. The summed E-state index contributed by atoms with van der Waals surface area (Å²) >= 11 is 0. The number of hydrogen-bond donors (Lipinski definition) is 1. The van der Waals surface area contributed by atoms with Crippen LogP contribution in [0.4, 0.5) is 0 Å². The topological polar surface area (TPSA) is 66.4 Å². The Morgan fingerprint density at radius 2 is 2.07 bits per heavy atom. The lowest BCUT2D eigenvalue weighted by Crippen LogP contribution is -2.55. The molecule has 0 aliphatic carbocycles. The van der Waals surface area contributed by atoms with Gasteiger partial charge in [-0.05, 0) is 44.4 Å². The van der Waals surface area contributed by atoms with E-state index in [1.54, 1.807) is 0 Å². The molecule has 0 bridgehead atoms. The number of piperazine rings is 1. The Balaban J connectivity index is 1.47. The quantitative estimate of drug-likeness (QED) is 0.456. The maximum Gasteiger partial charge on any atom is 0.251 e. The molecule has 154 valence electrons. The molecule has 2 heterocycles. The summed E-state index contributed by atoms with van der Waals surface area (Å²) in [5, 5.41) is 3.35. The van der Waals surface area contributed by atoms with Gasteiger partial charge < -0.3 is 24.6 Å². The lowest BCUT2D eigenvalue weighted by molar-refractivity contribution is -0.142. The molecule has 1 amide bonds. The van der Waals surface area contributed by atoms with Crippen LogP contribution in [-0.2, 0) is 9.53 Å². The number of benzene rings is 1. The van der Waals surface area contributed by atoms with E-state index < -0.39 is 0 Å². The first-order valence-corrected chi connectivity index (χ1v) is 10.3. The van der Waals surface area contributed by atoms with E-state index in [-0.39, 0.29) is 12.0 Å². The maximum absolute atomic E-state index is 12.5. The predicted molar refractivity (Wildman–Crippen MR) is 110 cm³/mol. The Kier molecular flexibility index (Phi) is 7.54. The number of aliphatic imine (C=N–C) groups is 1. The van der Waals surface area contributed by atoms with E-state index in [1.807, 2.05) is 23.1 Å². The number of ether oxygens (including phenoxy) is 2. The van der Waals surface area contributed by atoms with Crippen molar-refractivity contribution in [3.63, 3.8) is 0 Å². The number of rotatable bonds is 6. The molecular weight excluding hydrogens is 356 g/mol. The fourth-order valence-corrected chi connectivity index (χ4v) is 3.56. The van der Waals surface area contributed by atoms with Crippen LogP contribution in [0.15, 0.2) is 29.3 Å². The maximum atomic E-state index is 12.5. The van der Waals surface area contributed by atoms with Crippen LogP contribution in [0.5, 0.6) is 5.75 Å². The summed E-state index contributed by atoms with van der Waals surface area (Å²) < 4.78 is 11.3. The van der Waals surface area contributed by atoms with Crippen LogP contribution in [0, 0.1) is 6.92 Å². The molecule has 2 saturated heterocycles. The van der Waals surface area contributed by atoms with Gasteiger partial charge in [-0.15, -0.1) is 0 Å². The van der Waals surface area contributed by atoms with Crippen LogP contribution in [0.3, 0.4) is 0 Å². The van der Waals surface area contributed by atoms with Crippen molar-refractivity contribution in [3.8, 4) is 5.75 Å². The second-order valence-electron chi connectivity index (χ2n) is 7.21. The lowest BCUT2D eigenvalue weighted by atomic mass is 10.2. The molecule has 2 aliphatic rings. The molecule has 2 fully saturated rings. The van der Waals surface area contributed by atoms with Gasteiger partial charge in [-0.25, -0.2) is 4.99 Å². The minimum Gasteiger partial charge on any atom is -0.492 e. The molecule has 1 N–H and O–H groups in total. The number of nitrogens with zero attached hydrogens (tertiary/aromatic N) is 3. The van der Waals surface area contributed by atoms with Gasteiger partial charge in [0.05, 0.1) is 6.54 Å². The molecular formula is C21H32N4O3. The molecule has 7 nitrogen and oxygen atoms in total. The average molecular weight is 389 g/mol. The van der Waals surface area contributed by atoms with Crippen LogP contribution >= 0.6 is 0 Å². The minimum absolute atomic E-state index is 0.144. The van der Waals surface area contributed by atoms with E-state index in [0.29, 0.717) is 32.8 Å². The third-order valence-corrected chi connectivity index (χ3v) is 5.04. The summed E-state index contributed by atoms with van der Waals surface area (Å²) in [6.07, 6.45) is 1.61. The fraction of sp³-hybridized carbons (Fsp3) is 0.619. The molecule has 1 aromatic carbocycles. The third kappa shape index (κ3) is 5.61. The number of carbonyl (C=O) groups excluding carboxylic acids is 1. The Morgan fingerprint density at radius 1 is 1.29 bits per heavy atom. The van der Waals surface area contributed by atoms with Crippen molar-refractivity contribution < 1.29 is 14.3 Å². The first kappa shape index (κ1) is 20.5. The molecule has 2 aliphatic heterocycles. The molecule has 28 heavy (non-hydrogen) atoms. The highest BCUT2D eigenvalue weighted by Crippen LogP contribution is 2.16. The summed E-state index contributed by atoms with van der Waals surface area (Å²) in [5.74, 6) is 1.91. The van der Waals surface area contributed by atoms with Gasteiger partial charge in [0.25, 0.3) is 5.91 Å². The van der Waals surface area contributed by atoms with Crippen LogP contribution in [0.1, 0.15) is 25.3 Å². The summed E-state index contributed by atoms with van der Waals surface area (Å²) in [7, 11) is 0. The van der Waals surface area contributed by atoms with Crippen molar-refractivity contribution in [1.82, 2.24) is 15.1 Å². The molecule has 3 rings (SSSR count). The van der Waals surface area contributed by atoms with Crippen molar-refractivity contribution in [2.75, 3.05) is 52.5 Å². The first-order chi connectivity index (χ1) is 13.7. The van der Waals surface area contributed by atoms with Crippen molar-refractivity contribution in [3.05, 3.63) is 29.8 Å². The number of hydrogen-bond acceptors (Lipinski definition) is 4. The van der Waals surface area contributed by atoms with Gasteiger partial charge in [0, 0.05) is 39.3 Å². The van der Waals surface area contributed by atoms with Gasteiger partial charge in [-0.3, -0.25) is 4.79 Å². The second-order valence-corrected chi connectivity index (χ2v) is 7.21. The van der Waals surface area contributed by atoms with Crippen LogP contribution < -0.4 is 10.1 Å². The van der Waals surface area contributed by atoms with Crippen LogP contribution in [-0.4, -0.2) is 80.3 Å². The van der Waals surface area contributed by atoms with E-state index in [2.05, 4.69) is 30.1 Å². The molecule has 1 atom stereocenters. The molecule has 0 spiro atoms.